The lowest BCUT2D eigenvalue weighted by Gasteiger charge is -2.23. The fraction of sp³-hybridized carbons (Fsp3) is 0.500. The third-order valence-electron chi connectivity index (χ3n) is 4.65. The van der Waals surface area contributed by atoms with Crippen molar-refractivity contribution in [3.8, 4) is 11.5 Å². The van der Waals surface area contributed by atoms with Crippen LogP contribution in [0.5, 0.6) is 11.5 Å². The fourth-order valence-electron chi connectivity index (χ4n) is 3.16. The third kappa shape index (κ3) is 5.64. The first-order valence-corrected chi connectivity index (χ1v) is 11.7. The van der Waals surface area contributed by atoms with Crippen LogP contribution >= 0.6 is 23.5 Å². The van der Waals surface area contributed by atoms with E-state index in [1.54, 1.807) is 23.5 Å². The van der Waals surface area contributed by atoms with Gasteiger partial charge in [-0.1, -0.05) is 53.7 Å². The van der Waals surface area contributed by atoms with Crippen molar-refractivity contribution in [3.63, 3.8) is 0 Å². The summed E-state index contributed by atoms with van der Waals surface area (Å²) < 4.78 is 0. The summed E-state index contributed by atoms with van der Waals surface area (Å²) in [5.74, 6) is 2.54. The van der Waals surface area contributed by atoms with Crippen LogP contribution in [0.25, 0.3) is 0 Å². The van der Waals surface area contributed by atoms with Gasteiger partial charge in [-0.15, -0.1) is 23.5 Å². The Morgan fingerprint density at radius 2 is 0.964 bits per heavy atom. The van der Waals surface area contributed by atoms with E-state index in [0.717, 1.165) is 32.4 Å². The number of rotatable bonds is 5. The Labute approximate surface area is 179 Å². The minimum absolute atomic E-state index is 0.0864. The van der Waals surface area contributed by atoms with Crippen molar-refractivity contribution in [1.82, 2.24) is 0 Å². The molecule has 154 valence electrons. The largest absolute Gasteiger partial charge is 0.506 e. The van der Waals surface area contributed by atoms with Gasteiger partial charge in [0, 0.05) is 32.4 Å². The van der Waals surface area contributed by atoms with Crippen molar-refractivity contribution in [3.05, 3.63) is 46.5 Å². The molecule has 0 saturated heterocycles. The van der Waals surface area contributed by atoms with Gasteiger partial charge in [0.25, 0.3) is 0 Å². The van der Waals surface area contributed by atoms with Gasteiger partial charge in [0.2, 0.25) is 0 Å². The van der Waals surface area contributed by atoms with Gasteiger partial charge in [0.1, 0.15) is 11.5 Å². The highest BCUT2D eigenvalue weighted by Gasteiger charge is 2.22. The lowest BCUT2D eigenvalue weighted by molar-refractivity contribution is 0.433. The molecular formula is C24H34O2S2. The molecule has 0 saturated carbocycles. The van der Waals surface area contributed by atoms with E-state index < -0.39 is 0 Å². The summed E-state index contributed by atoms with van der Waals surface area (Å²) >= 11 is 3.36. The van der Waals surface area contributed by atoms with Gasteiger partial charge < -0.3 is 10.2 Å². The normalized spacial score (nSPS) is 12.4. The molecule has 0 heterocycles. The van der Waals surface area contributed by atoms with E-state index in [1.165, 1.54) is 11.1 Å². The van der Waals surface area contributed by atoms with Crippen LogP contribution in [0.15, 0.2) is 34.1 Å². The molecule has 2 rings (SSSR count). The minimum Gasteiger partial charge on any atom is -0.506 e. The topological polar surface area (TPSA) is 40.5 Å². The molecule has 0 fully saturated rings. The minimum atomic E-state index is -0.0864. The molecule has 0 aromatic heterocycles. The van der Waals surface area contributed by atoms with E-state index in [1.807, 2.05) is 0 Å². The predicted octanol–water partition coefficient (Wildman–Crippen LogP) is 7.19. The van der Waals surface area contributed by atoms with Gasteiger partial charge in [0.15, 0.2) is 0 Å². The molecule has 0 atom stereocenters. The molecule has 0 aliphatic rings. The summed E-state index contributed by atoms with van der Waals surface area (Å²) in [7, 11) is 0. The van der Waals surface area contributed by atoms with Crippen molar-refractivity contribution in [2.45, 2.75) is 76.0 Å². The summed E-state index contributed by atoms with van der Waals surface area (Å²) in [6, 6.07) is 8.27. The maximum atomic E-state index is 10.7. The zero-order valence-electron chi connectivity index (χ0n) is 18.4. The maximum absolute atomic E-state index is 10.7. The molecule has 2 nitrogen and oxygen atoms in total. The fourth-order valence-corrected chi connectivity index (χ4v) is 5.30. The lowest BCUT2D eigenvalue weighted by atomic mass is 9.85. The van der Waals surface area contributed by atoms with Crippen LogP contribution in [0, 0.1) is 13.8 Å². The van der Waals surface area contributed by atoms with Crippen LogP contribution in [0.1, 0.15) is 63.8 Å². The zero-order valence-corrected chi connectivity index (χ0v) is 20.1. The van der Waals surface area contributed by atoms with Crippen molar-refractivity contribution in [2.75, 3.05) is 11.5 Å². The van der Waals surface area contributed by atoms with Gasteiger partial charge >= 0.3 is 0 Å². The molecule has 0 aliphatic heterocycles. The molecular weight excluding hydrogens is 384 g/mol. The average Bonchev–Trinajstić information content (AvgIpc) is 2.54. The van der Waals surface area contributed by atoms with Crippen LogP contribution in [0.4, 0.5) is 0 Å². The number of phenols is 2. The molecule has 4 heteroatoms. The van der Waals surface area contributed by atoms with Gasteiger partial charge in [0.05, 0.1) is 0 Å². The molecule has 2 N–H and O–H groups in total. The molecule has 2 aromatic carbocycles. The number of thioether (sulfide) groups is 2. The second kappa shape index (κ2) is 8.62. The Kier molecular flexibility index (Phi) is 7.09. The van der Waals surface area contributed by atoms with Crippen LogP contribution in [0.3, 0.4) is 0 Å². The van der Waals surface area contributed by atoms with Crippen LogP contribution in [-0.4, -0.2) is 21.7 Å². The lowest BCUT2D eigenvalue weighted by Crippen LogP contribution is -2.12. The molecule has 0 radical (unpaired) electrons. The smallest absolute Gasteiger partial charge is 0.132 e. The molecule has 2 aromatic rings. The Morgan fingerprint density at radius 3 is 1.25 bits per heavy atom. The van der Waals surface area contributed by atoms with E-state index in [9.17, 15) is 10.2 Å². The molecule has 0 amide bonds. The maximum Gasteiger partial charge on any atom is 0.132 e. The highest BCUT2D eigenvalue weighted by Crippen LogP contribution is 2.41. The van der Waals surface area contributed by atoms with Gasteiger partial charge in [-0.25, -0.2) is 0 Å². The SMILES string of the molecule is Cc1cc(SCCSc2cc(C)cc(C(C)(C)C)c2O)c(O)c(C(C)(C)C)c1. The van der Waals surface area contributed by atoms with E-state index in [4.69, 9.17) is 0 Å². The summed E-state index contributed by atoms with van der Waals surface area (Å²) in [6.07, 6.45) is 0. The van der Waals surface area contributed by atoms with Gasteiger partial charge in [-0.3, -0.25) is 0 Å². The standard InChI is InChI=1S/C24H34O2S2/c1-15-11-17(23(3,4)5)21(25)19(13-15)27-9-10-28-20-14-16(2)12-18(22(20)26)24(6,7)8/h11-14,25-26H,9-10H2,1-8H3. The van der Waals surface area contributed by atoms with Crippen LogP contribution < -0.4 is 0 Å². The van der Waals surface area contributed by atoms with E-state index in [0.29, 0.717) is 11.5 Å². The molecule has 28 heavy (non-hydrogen) atoms. The predicted molar refractivity (Wildman–Crippen MR) is 125 cm³/mol. The quantitative estimate of drug-likeness (QED) is 0.398. The van der Waals surface area contributed by atoms with Crippen LogP contribution in [0.2, 0.25) is 0 Å². The van der Waals surface area contributed by atoms with E-state index in [-0.39, 0.29) is 10.8 Å². The molecule has 0 aliphatic carbocycles. The van der Waals surface area contributed by atoms with E-state index >= 15 is 0 Å². The Morgan fingerprint density at radius 1 is 0.643 bits per heavy atom. The second-order valence-corrected chi connectivity index (χ2v) is 11.8. The zero-order chi connectivity index (χ0) is 21.3. The van der Waals surface area contributed by atoms with Crippen molar-refractivity contribution < 1.29 is 10.2 Å². The number of hydrogen-bond acceptors (Lipinski definition) is 4. The highest BCUT2D eigenvalue weighted by atomic mass is 32.2. The monoisotopic (exact) mass is 418 g/mol. The van der Waals surface area contributed by atoms with Gasteiger partial charge in [-0.2, -0.15) is 0 Å². The van der Waals surface area contributed by atoms with Crippen LogP contribution in [-0.2, 0) is 10.8 Å². The number of phenolic OH excluding ortho intramolecular Hbond substituents is 2. The first-order chi connectivity index (χ1) is 12.8. The highest BCUT2D eigenvalue weighted by molar-refractivity contribution is 8.03. The second-order valence-electron chi connectivity index (χ2n) is 9.52. The first-order valence-electron chi connectivity index (χ1n) is 9.74. The molecule has 0 spiro atoms. The summed E-state index contributed by atoms with van der Waals surface area (Å²) in [5, 5.41) is 21.4. The number of hydrogen-bond donors (Lipinski definition) is 2. The molecule has 0 bridgehead atoms. The summed E-state index contributed by atoms with van der Waals surface area (Å²) in [5.41, 5.74) is 4.16. The number of benzene rings is 2. The summed E-state index contributed by atoms with van der Waals surface area (Å²) in [6.45, 7) is 16.9. The Hall–Kier alpha value is -1.26. The van der Waals surface area contributed by atoms with Crippen molar-refractivity contribution in [1.29, 1.82) is 0 Å². The van der Waals surface area contributed by atoms with Crippen molar-refractivity contribution in [2.24, 2.45) is 0 Å². The van der Waals surface area contributed by atoms with E-state index in [2.05, 4.69) is 79.7 Å². The Bertz CT molecular complexity index is 772. The first kappa shape index (κ1) is 23.0. The Balaban J connectivity index is 2.10. The molecule has 0 unspecified atom stereocenters. The van der Waals surface area contributed by atoms with Gasteiger partial charge in [-0.05, 0) is 47.9 Å². The third-order valence-corrected chi connectivity index (χ3v) is 6.97. The number of aryl methyl sites for hydroxylation is 2. The average molecular weight is 419 g/mol. The number of aromatic hydroxyl groups is 2. The summed E-state index contributed by atoms with van der Waals surface area (Å²) in [4.78, 5) is 1.88. The van der Waals surface area contributed by atoms with Crippen molar-refractivity contribution >= 4 is 23.5 Å².